The van der Waals surface area contributed by atoms with Crippen LogP contribution in [0.25, 0.3) is 0 Å². The van der Waals surface area contributed by atoms with Gasteiger partial charge in [0, 0.05) is 13.1 Å². The molecule has 2 unspecified atom stereocenters. The van der Waals surface area contributed by atoms with Crippen molar-refractivity contribution in [2.45, 2.75) is 39.4 Å². The zero-order chi connectivity index (χ0) is 14.7. The first-order valence-corrected chi connectivity index (χ1v) is 6.82. The van der Waals surface area contributed by atoms with Gasteiger partial charge >= 0.3 is 6.01 Å². The number of piperidine rings is 1. The predicted molar refractivity (Wildman–Crippen MR) is 75.4 cm³/mol. The molecule has 0 aliphatic carbocycles. The third-order valence-electron chi connectivity index (χ3n) is 3.22. The summed E-state index contributed by atoms with van der Waals surface area (Å²) >= 11 is 0. The van der Waals surface area contributed by atoms with Crippen molar-refractivity contribution in [1.82, 2.24) is 15.0 Å². The molecule has 2 heterocycles. The summed E-state index contributed by atoms with van der Waals surface area (Å²) in [6.45, 7) is 7.19. The Morgan fingerprint density at radius 2 is 2.15 bits per heavy atom. The predicted octanol–water partition coefficient (Wildman–Crippen LogP) is 0.152. The molecule has 20 heavy (non-hydrogen) atoms. The van der Waals surface area contributed by atoms with E-state index in [1.54, 1.807) is 0 Å². The van der Waals surface area contributed by atoms with Gasteiger partial charge in [-0.2, -0.15) is 15.0 Å². The average molecular weight is 282 g/mol. The number of nitrogens with zero attached hydrogens (tertiary/aromatic N) is 4. The van der Waals surface area contributed by atoms with Crippen molar-refractivity contribution in [3.8, 4) is 6.01 Å². The van der Waals surface area contributed by atoms with E-state index in [9.17, 15) is 5.11 Å². The molecule has 1 saturated heterocycles. The molecule has 2 atom stereocenters. The zero-order valence-corrected chi connectivity index (χ0v) is 12.1. The molecule has 1 aromatic rings. The first-order valence-electron chi connectivity index (χ1n) is 6.82. The number of nitrogens with two attached hydrogens (primary N) is 1. The Kier molecular flexibility index (Phi) is 4.56. The largest absolute Gasteiger partial charge is 0.461 e. The first kappa shape index (κ1) is 14.7. The SMILES string of the molecule is CC(C)Oc1nc(NN)nc(N2CCC(O)C(C)C2)n1. The second-order valence-corrected chi connectivity index (χ2v) is 5.33. The van der Waals surface area contributed by atoms with Gasteiger partial charge in [0.1, 0.15) is 0 Å². The van der Waals surface area contributed by atoms with E-state index in [1.165, 1.54) is 0 Å². The lowest BCUT2D eigenvalue weighted by atomic mass is 9.97. The summed E-state index contributed by atoms with van der Waals surface area (Å²) in [4.78, 5) is 14.6. The lowest BCUT2D eigenvalue weighted by molar-refractivity contribution is 0.0965. The summed E-state index contributed by atoms with van der Waals surface area (Å²) in [5.41, 5.74) is 2.42. The number of nitrogen functional groups attached to an aromatic ring is 1. The minimum atomic E-state index is -0.272. The van der Waals surface area contributed by atoms with Crippen molar-refractivity contribution in [2.75, 3.05) is 23.4 Å². The van der Waals surface area contributed by atoms with Gasteiger partial charge in [-0.05, 0) is 26.2 Å². The lowest BCUT2D eigenvalue weighted by Crippen LogP contribution is -2.42. The quantitative estimate of drug-likeness (QED) is 0.529. The van der Waals surface area contributed by atoms with E-state index in [4.69, 9.17) is 10.6 Å². The molecule has 2 rings (SSSR count). The van der Waals surface area contributed by atoms with E-state index in [0.29, 0.717) is 25.5 Å². The van der Waals surface area contributed by atoms with Crippen LogP contribution < -0.4 is 20.9 Å². The molecular formula is C12H22N6O2. The Morgan fingerprint density at radius 1 is 1.40 bits per heavy atom. The standard InChI is InChI=1S/C12H22N6O2/c1-7(2)20-12-15-10(17-13)14-11(16-12)18-5-4-9(19)8(3)6-18/h7-9,19H,4-6,13H2,1-3H3,(H,14,15,16,17). The van der Waals surface area contributed by atoms with Gasteiger partial charge in [0.15, 0.2) is 0 Å². The highest BCUT2D eigenvalue weighted by molar-refractivity contribution is 5.38. The Labute approximate surface area is 118 Å². The molecule has 1 aliphatic heterocycles. The minimum Gasteiger partial charge on any atom is -0.461 e. The summed E-state index contributed by atoms with van der Waals surface area (Å²) < 4.78 is 5.50. The highest BCUT2D eigenvalue weighted by Gasteiger charge is 2.26. The van der Waals surface area contributed by atoms with Gasteiger partial charge in [-0.15, -0.1) is 0 Å². The zero-order valence-electron chi connectivity index (χ0n) is 12.1. The van der Waals surface area contributed by atoms with Crippen LogP contribution in [0.5, 0.6) is 6.01 Å². The number of aliphatic hydroxyl groups excluding tert-OH is 1. The molecule has 1 aliphatic rings. The van der Waals surface area contributed by atoms with Crippen molar-refractivity contribution in [3.63, 3.8) is 0 Å². The fourth-order valence-corrected chi connectivity index (χ4v) is 2.13. The lowest BCUT2D eigenvalue weighted by Gasteiger charge is -2.34. The Hall–Kier alpha value is -1.67. The van der Waals surface area contributed by atoms with Gasteiger partial charge in [-0.3, -0.25) is 5.43 Å². The number of rotatable bonds is 4. The minimum absolute atomic E-state index is 0.0297. The average Bonchev–Trinajstić information content (AvgIpc) is 2.40. The highest BCUT2D eigenvalue weighted by atomic mass is 16.5. The van der Waals surface area contributed by atoms with Crippen molar-refractivity contribution >= 4 is 11.9 Å². The fraction of sp³-hybridized carbons (Fsp3) is 0.750. The number of nitrogens with one attached hydrogen (secondary N) is 1. The highest BCUT2D eigenvalue weighted by Crippen LogP contribution is 2.22. The van der Waals surface area contributed by atoms with Crippen LogP contribution in [0, 0.1) is 5.92 Å². The number of ether oxygens (including phenoxy) is 1. The molecule has 1 fully saturated rings. The molecule has 8 heteroatoms. The molecule has 4 N–H and O–H groups in total. The van der Waals surface area contributed by atoms with Gasteiger partial charge in [0.05, 0.1) is 12.2 Å². The smallest absolute Gasteiger partial charge is 0.323 e. The van der Waals surface area contributed by atoms with E-state index < -0.39 is 0 Å². The molecule has 1 aromatic heterocycles. The van der Waals surface area contributed by atoms with Crippen LogP contribution >= 0.6 is 0 Å². The van der Waals surface area contributed by atoms with E-state index in [-0.39, 0.29) is 30.1 Å². The monoisotopic (exact) mass is 282 g/mol. The van der Waals surface area contributed by atoms with Crippen LogP contribution in [-0.4, -0.2) is 45.4 Å². The van der Waals surface area contributed by atoms with Gasteiger partial charge in [-0.1, -0.05) is 6.92 Å². The topological polar surface area (TPSA) is 109 Å². The summed E-state index contributed by atoms with van der Waals surface area (Å²) in [5, 5.41) is 9.78. The van der Waals surface area contributed by atoms with E-state index in [1.807, 2.05) is 25.7 Å². The Morgan fingerprint density at radius 3 is 2.75 bits per heavy atom. The van der Waals surface area contributed by atoms with Crippen LogP contribution in [0.4, 0.5) is 11.9 Å². The molecule has 0 spiro atoms. The van der Waals surface area contributed by atoms with Crippen molar-refractivity contribution in [3.05, 3.63) is 0 Å². The molecule has 8 nitrogen and oxygen atoms in total. The number of aromatic nitrogens is 3. The summed E-state index contributed by atoms with van der Waals surface area (Å²) in [5.74, 6) is 6.34. The Bertz CT molecular complexity index is 456. The molecule has 0 radical (unpaired) electrons. The summed E-state index contributed by atoms with van der Waals surface area (Å²) in [7, 11) is 0. The number of anilines is 2. The molecule has 0 bridgehead atoms. The maximum Gasteiger partial charge on any atom is 0.323 e. The van der Waals surface area contributed by atoms with Crippen molar-refractivity contribution in [1.29, 1.82) is 0 Å². The van der Waals surface area contributed by atoms with Gasteiger partial charge in [-0.25, -0.2) is 5.84 Å². The number of aliphatic hydroxyl groups is 1. The van der Waals surface area contributed by atoms with Crippen molar-refractivity contribution < 1.29 is 9.84 Å². The van der Waals surface area contributed by atoms with Crippen LogP contribution in [-0.2, 0) is 0 Å². The van der Waals surface area contributed by atoms with Crippen LogP contribution in [0.1, 0.15) is 27.2 Å². The first-order chi connectivity index (χ1) is 9.49. The van der Waals surface area contributed by atoms with E-state index in [0.717, 1.165) is 0 Å². The number of hydrogen-bond acceptors (Lipinski definition) is 8. The maximum absolute atomic E-state index is 9.78. The van der Waals surface area contributed by atoms with Crippen molar-refractivity contribution in [2.24, 2.45) is 11.8 Å². The molecular weight excluding hydrogens is 260 g/mol. The third-order valence-corrected chi connectivity index (χ3v) is 3.22. The Balaban J connectivity index is 2.21. The second-order valence-electron chi connectivity index (χ2n) is 5.33. The molecule has 0 amide bonds. The summed E-state index contributed by atoms with van der Waals surface area (Å²) in [6, 6.07) is 0.247. The molecule has 0 aromatic carbocycles. The van der Waals surface area contributed by atoms with Crippen LogP contribution in [0.3, 0.4) is 0 Å². The van der Waals surface area contributed by atoms with Gasteiger partial charge < -0.3 is 14.7 Å². The number of hydrazine groups is 1. The molecule has 0 saturated carbocycles. The fourth-order valence-electron chi connectivity index (χ4n) is 2.13. The van der Waals surface area contributed by atoms with E-state index >= 15 is 0 Å². The van der Waals surface area contributed by atoms with Gasteiger partial charge in [0.25, 0.3) is 0 Å². The maximum atomic E-state index is 9.78. The van der Waals surface area contributed by atoms with E-state index in [2.05, 4.69) is 20.4 Å². The van der Waals surface area contributed by atoms with Gasteiger partial charge in [0.2, 0.25) is 11.9 Å². The number of hydrogen-bond donors (Lipinski definition) is 3. The molecule has 112 valence electrons. The summed E-state index contributed by atoms with van der Waals surface area (Å²) in [6.07, 6.45) is 0.392. The van der Waals surface area contributed by atoms with Crippen LogP contribution in [0.2, 0.25) is 0 Å². The second kappa shape index (κ2) is 6.19. The third kappa shape index (κ3) is 3.45. The van der Waals surface area contributed by atoms with Crippen LogP contribution in [0.15, 0.2) is 0 Å². The normalized spacial score (nSPS) is 23.0.